The lowest BCUT2D eigenvalue weighted by Crippen LogP contribution is -2.22. The molecule has 19 heavy (non-hydrogen) atoms. The number of rotatable bonds is 4. The average molecular weight is 259 g/mol. The summed E-state index contributed by atoms with van der Waals surface area (Å²) in [6, 6.07) is 7.32. The number of benzene rings is 1. The Morgan fingerprint density at radius 1 is 1.26 bits per heavy atom. The van der Waals surface area contributed by atoms with Crippen molar-refractivity contribution in [1.82, 2.24) is 15.3 Å². The Bertz CT molecular complexity index is 567. The number of halogens is 1. The summed E-state index contributed by atoms with van der Waals surface area (Å²) >= 11 is 0. The summed E-state index contributed by atoms with van der Waals surface area (Å²) in [5.74, 6) is 0.328. The van der Waals surface area contributed by atoms with Crippen molar-refractivity contribution >= 4 is 0 Å². The van der Waals surface area contributed by atoms with E-state index in [0.29, 0.717) is 29.5 Å². The SMILES string of the molecule is Cc1ccc(-c2nccc(CNC(C)C)n2)cc1F. The zero-order valence-electron chi connectivity index (χ0n) is 11.4. The topological polar surface area (TPSA) is 37.8 Å². The minimum atomic E-state index is -0.230. The molecule has 1 heterocycles. The molecular weight excluding hydrogens is 241 g/mol. The molecule has 0 aliphatic carbocycles. The number of hydrogen-bond donors (Lipinski definition) is 1. The number of aryl methyl sites for hydroxylation is 1. The van der Waals surface area contributed by atoms with Gasteiger partial charge < -0.3 is 5.32 Å². The van der Waals surface area contributed by atoms with E-state index in [4.69, 9.17) is 0 Å². The Hall–Kier alpha value is -1.81. The summed E-state index contributed by atoms with van der Waals surface area (Å²) in [5.41, 5.74) is 2.23. The van der Waals surface area contributed by atoms with E-state index in [2.05, 4.69) is 29.1 Å². The predicted molar refractivity (Wildman–Crippen MR) is 74.1 cm³/mol. The van der Waals surface area contributed by atoms with Crippen LogP contribution < -0.4 is 5.32 Å². The van der Waals surface area contributed by atoms with E-state index in [9.17, 15) is 4.39 Å². The van der Waals surface area contributed by atoms with Crippen molar-refractivity contribution in [1.29, 1.82) is 0 Å². The first-order valence-corrected chi connectivity index (χ1v) is 6.38. The molecule has 0 atom stereocenters. The Kier molecular flexibility index (Phi) is 4.22. The third kappa shape index (κ3) is 3.58. The van der Waals surface area contributed by atoms with Crippen molar-refractivity contribution in [3.8, 4) is 11.4 Å². The third-order valence-electron chi connectivity index (χ3n) is 2.83. The van der Waals surface area contributed by atoms with Gasteiger partial charge in [0, 0.05) is 24.3 Å². The minimum absolute atomic E-state index is 0.230. The van der Waals surface area contributed by atoms with E-state index in [0.717, 1.165) is 5.69 Å². The van der Waals surface area contributed by atoms with Crippen molar-refractivity contribution in [3.63, 3.8) is 0 Å². The smallest absolute Gasteiger partial charge is 0.159 e. The van der Waals surface area contributed by atoms with E-state index in [1.165, 1.54) is 6.07 Å². The molecular formula is C15H18FN3. The van der Waals surface area contributed by atoms with Gasteiger partial charge in [-0.15, -0.1) is 0 Å². The molecule has 3 nitrogen and oxygen atoms in total. The second-order valence-electron chi connectivity index (χ2n) is 4.87. The molecule has 1 aromatic carbocycles. The molecule has 0 bridgehead atoms. The monoisotopic (exact) mass is 259 g/mol. The van der Waals surface area contributed by atoms with Crippen LogP contribution in [0.25, 0.3) is 11.4 Å². The van der Waals surface area contributed by atoms with Crippen molar-refractivity contribution < 1.29 is 4.39 Å². The highest BCUT2D eigenvalue weighted by Crippen LogP contribution is 2.18. The maximum atomic E-state index is 13.6. The number of nitrogens with one attached hydrogen (secondary N) is 1. The van der Waals surface area contributed by atoms with Crippen LogP contribution in [-0.4, -0.2) is 16.0 Å². The second-order valence-corrected chi connectivity index (χ2v) is 4.87. The molecule has 0 aliphatic heterocycles. The van der Waals surface area contributed by atoms with Crippen LogP contribution in [-0.2, 0) is 6.54 Å². The minimum Gasteiger partial charge on any atom is -0.309 e. The van der Waals surface area contributed by atoms with Crippen molar-refractivity contribution in [2.24, 2.45) is 0 Å². The number of hydrogen-bond acceptors (Lipinski definition) is 3. The molecule has 2 aromatic rings. The Morgan fingerprint density at radius 3 is 2.74 bits per heavy atom. The zero-order valence-corrected chi connectivity index (χ0v) is 11.4. The Labute approximate surface area is 112 Å². The number of nitrogens with zero attached hydrogens (tertiary/aromatic N) is 2. The van der Waals surface area contributed by atoms with Gasteiger partial charge in [0.05, 0.1) is 5.69 Å². The van der Waals surface area contributed by atoms with Crippen molar-refractivity contribution in [2.45, 2.75) is 33.4 Å². The molecule has 0 spiro atoms. The summed E-state index contributed by atoms with van der Waals surface area (Å²) in [7, 11) is 0. The molecule has 0 amide bonds. The lowest BCUT2D eigenvalue weighted by Gasteiger charge is -2.08. The van der Waals surface area contributed by atoms with Crippen LogP contribution in [0, 0.1) is 12.7 Å². The fraction of sp³-hybridized carbons (Fsp3) is 0.333. The predicted octanol–water partition coefficient (Wildman–Crippen LogP) is 3.09. The van der Waals surface area contributed by atoms with Gasteiger partial charge in [-0.3, -0.25) is 0 Å². The van der Waals surface area contributed by atoms with Crippen LogP contribution in [0.1, 0.15) is 25.1 Å². The fourth-order valence-electron chi connectivity index (χ4n) is 1.67. The molecule has 0 saturated carbocycles. The summed E-state index contributed by atoms with van der Waals surface area (Å²) < 4.78 is 13.6. The molecule has 1 N–H and O–H groups in total. The first-order chi connectivity index (χ1) is 9.06. The van der Waals surface area contributed by atoms with Gasteiger partial charge >= 0.3 is 0 Å². The van der Waals surface area contributed by atoms with E-state index in [1.54, 1.807) is 19.2 Å². The van der Waals surface area contributed by atoms with Crippen LogP contribution in [0.2, 0.25) is 0 Å². The third-order valence-corrected chi connectivity index (χ3v) is 2.83. The van der Waals surface area contributed by atoms with E-state index >= 15 is 0 Å². The Balaban J connectivity index is 2.24. The summed E-state index contributed by atoms with van der Waals surface area (Å²) in [6.07, 6.45) is 1.71. The number of aromatic nitrogens is 2. The standard InChI is InChI=1S/C15H18FN3/c1-10(2)18-9-13-6-7-17-15(19-13)12-5-4-11(3)14(16)8-12/h4-8,10,18H,9H2,1-3H3. The van der Waals surface area contributed by atoms with Gasteiger partial charge in [0.15, 0.2) is 5.82 Å². The van der Waals surface area contributed by atoms with Gasteiger partial charge in [-0.25, -0.2) is 14.4 Å². The molecule has 100 valence electrons. The highest BCUT2D eigenvalue weighted by molar-refractivity contribution is 5.55. The van der Waals surface area contributed by atoms with Crippen molar-refractivity contribution in [2.75, 3.05) is 0 Å². The maximum absolute atomic E-state index is 13.6. The molecule has 0 saturated heterocycles. The van der Waals surface area contributed by atoms with Gasteiger partial charge in [0.25, 0.3) is 0 Å². The van der Waals surface area contributed by atoms with Crippen LogP contribution in [0.5, 0.6) is 0 Å². The largest absolute Gasteiger partial charge is 0.309 e. The van der Waals surface area contributed by atoms with Gasteiger partial charge in [0.1, 0.15) is 5.82 Å². The van der Waals surface area contributed by atoms with Crippen LogP contribution in [0.4, 0.5) is 4.39 Å². The van der Waals surface area contributed by atoms with Gasteiger partial charge in [-0.05, 0) is 24.6 Å². The molecule has 0 aliphatic rings. The van der Waals surface area contributed by atoms with E-state index in [1.807, 2.05) is 12.1 Å². The van der Waals surface area contributed by atoms with Crippen LogP contribution >= 0.6 is 0 Å². The molecule has 0 radical (unpaired) electrons. The van der Waals surface area contributed by atoms with Crippen molar-refractivity contribution in [3.05, 3.63) is 47.5 Å². The summed E-state index contributed by atoms with van der Waals surface area (Å²) in [6.45, 7) is 6.58. The molecule has 4 heteroatoms. The van der Waals surface area contributed by atoms with Crippen LogP contribution in [0.15, 0.2) is 30.5 Å². The van der Waals surface area contributed by atoms with Gasteiger partial charge in [-0.1, -0.05) is 26.0 Å². The van der Waals surface area contributed by atoms with Gasteiger partial charge in [-0.2, -0.15) is 0 Å². The zero-order chi connectivity index (χ0) is 13.8. The quantitative estimate of drug-likeness (QED) is 0.917. The molecule has 1 aromatic heterocycles. The Morgan fingerprint density at radius 2 is 2.05 bits per heavy atom. The lowest BCUT2D eigenvalue weighted by atomic mass is 10.1. The van der Waals surface area contributed by atoms with E-state index < -0.39 is 0 Å². The average Bonchev–Trinajstić information content (AvgIpc) is 2.40. The van der Waals surface area contributed by atoms with E-state index in [-0.39, 0.29) is 5.82 Å². The van der Waals surface area contributed by atoms with Crippen LogP contribution in [0.3, 0.4) is 0 Å². The molecule has 2 rings (SSSR count). The highest BCUT2D eigenvalue weighted by atomic mass is 19.1. The second kappa shape index (κ2) is 5.89. The van der Waals surface area contributed by atoms with Gasteiger partial charge in [0.2, 0.25) is 0 Å². The molecule has 0 unspecified atom stereocenters. The summed E-state index contributed by atoms with van der Waals surface area (Å²) in [4.78, 5) is 8.65. The summed E-state index contributed by atoms with van der Waals surface area (Å²) in [5, 5.41) is 3.30. The highest BCUT2D eigenvalue weighted by Gasteiger charge is 2.06. The first kappa shape index (κ1) is 13.6. The lowest BCUT2D eigenvalue weighted by molar-refractivity contribution is 0.581. The maximum Gasteiger partial charge on any atom is 0.159 e. The molecule has 0 fully saturated rings. The fourth-order valence-corrected chi connectivity index (χ4v) is 1.67. The first-order valence-electron chi connectivity index (χ1n) is 6.38. The normalized spacial score (nSPS) is 11.0.